The number of hydrogen-bond donors (Lipinski definition) is 2. The molecule has 3 nitrogen and oxygen atoms in total. The summed E-state index contributed by atoms with van der Waals surface area (Å²) in [6.45, 7) is 8.80. The van der Waals surface area contributed by atoms with Crippen molar-refractivity contribution in [3.8, 4) is 0 Å². The van der Waals surface area contributed by atoms with Crippen LogP contribution in [-0.4, -0.2) is 44.1 Å². The van der Waals surface area contributed by atoms with E-state index in [1.807, 2.05) is 0 Å². The molecule has 2 N–H and O–H groups in total. The standard InChI is InChI=1S/C18H33NO2/c1-3-19(4-2)11-17(20)12-21-13-18-8-14-5-15(9-18)7-16(6-14)10-18/h14-17,20H,3-13H2,1-2H3/p+1/t14?,15?,16?,17-,18?/m0/s1. The number of quaternary nitrogens is 1. The van der Waals surface area contributed by atoms with Crippen LogP contribution in [0.15, 0.2) is 0 Å². The topological polar surface area (TPSA) is 33.9 Å². The van der Waals surface area contributed by atoms with Crippen molar-refractivity contribution in [2.24, 2.45) is 23.2 Å². The highest BCUT2D eigenvalue weighted by atomic mass is 16.5. The van der Waals surface area contributed by atoms with E-state index < -0.39 is 0 Å². The Balaban J connectivity index is 1.43. The summed E-state index contributed by atoms with van der Waals surface area (Å²) in [5, 5.41) is 10.1. The van der Waals surface area contributed by atoms with Gasteiger partial charge in [0.25, 0.3) is 0 Å². The third-order valence-corrected chi connectivity index (χ3v) is 6.41. The Morgan fingerprint density at radius 3 is 2.05 bits per heavy atom. The van der Waals surface area contributed by atoms with Gasteiger partial charge >= 0.3 is 0 Å². The Bertz CT molecular complexity index is 305. The zero-order valence-electron chi connectivity index (χ0n) is 13.9. The second-order valence-electron chi connectivity index (χ2n) is 8.25. The fraction of sp³-hybridized carbons (Fsp3) is 1.00. The van der Waals surface area contributed by atoms with Gasteiger partial charge in [0.2, 0.25) is 0 Å². The van der Waals surface area contributed by atoms with Gasteiger partial charge in [0.15, 0.2) is 0 Å². The lowest BCUT2D eigenvalue weighted by atomic mass is 9.50. The van der Waals surface area contributed by atoms with Crippen LogP contribution in [-0.2, 0) is 4.74 Å². The van der Waals surface area contributed by atoms with Gasteiger partial charge in [-0.1, -0.05) is 0 Å². The average molecular weight is 296 g/mol. The molecule has 4 bridgehead atoms. The summed E-state index contributed by atoms with van der Waals surface area (Å²) in [6, 6.07) is 0. The van der Waals surface area contributed by atoms with Gasteiger partial charge in [-0.05, 0) is 75.5 Å². The van der Waals surface area contributed by atoms with Crippen molar-refractivity contribution < 1.29 is 14.7 Å². The first-order valence-electron chi connectivity index (χ1n) is 9.22. The Morgan fingerprint density at radius 2 is 1.57 bits per heavy atom. The number of nitrogens with one attached hydrogen (secondary N) is 1. The van der Waals surface area contributed by atoms with Crippen molar-refractivity contribution in [3.05, 3.63) is 0 Å². The SMILES string of the molecule is CC[NH+](CC)C[C@H](O)COCC12CC3CC(CC(C3)C1)C2. The van der Waals surface area contributed by atoms with Gasteiger partial charge in [-0.3, -0.25) is 0 Å². The summed E-state index contributed by atoms with van der Waals surface area (Å²) in [5.41, 5.74) is 0.483. The fourth-order valence-electron chi connectivity index (χ4n) is 5.81. The third kappa shape index (κ3) is 3.62. The first kappa shape index (κ1) is 15.8. The van der Waals surface area contributed by atoms with Crippen LogP contribution in [0.4, 0.5) is 0 Å². The van der Waals surface area contributed by atoms with Gasteiger partial charge in [0.1, 0.15) is 12.6 Å². The Morgan fingerprint density at radius 1 is 1.05 bits per heavy atom. The van der Waals surface area contributed by atoms with E-state index in [1.54, 1.807) is 0 Å². The quantitative estimate of drug-likeness (QED) is 0.712. The van der Waals surface area contributed by atoms with Gasteiger partial charge in [0, 0.05) is 0 Å². The molecule has 3 heteroatoms. The predicted octanol–water partition coefficient (Wildman–Crippen LogP) is 1.51. The first-order valence-corrected chi connectivity index (χ1v) is 9.22. The maximum absolute atomic E-state index is 10.1. The molecule has 0 aromatic rings. The number of rotatable bonds is 8. The van der Waals surface area contributed by atoms with Gasteiger partial charge in [-0.2, -0.15) is 0 Å². The Hall–Kier alpha value is -0.120. The van der Waals surface area contributed by atoms with E-state index >= 15 is 0 Å². The summed E-state index contributed by atoms with van der Waals surface area (Å²) in [4.78, 5) is 1.46. The molecular formula is C18H34NO2+. The number of ether oxygens (including phenoxy) is 1. The first-order chi connectivity index (χ1) is 10.1. The molecule has 122 valence electrons. The molecule has 0 radical (unpaired) electrons. The van der Waals surface area contributed by atoms with Crippen LogP contribution < -0.4 is 4.90 Å². The summed E-state index contributed by atoms with van der Waals surface area (Å²) >= 11 is 0. The molecule has 0 heterocycles. The van der Waals surface area contributed by atoms with Gasteiger partial charge in [-0.25, -0.2) is 0 Å². The number of aliphatic hydroxyl groups is 1. The lowest BCUT2D eigenvalue weighted by Gasteiger charge is -2.56. The lowest BCUT2D eigenvalue weighted by Crippen LogP contribution is -3.12. The van der Waals surface area contributed by atoms with Gasteiger partial charge in [0.05, 0.1) is 26.3 Å². The van der Waals surface area contributed by atoms with Crippen molar-refractivity contribution in [1.82, 2.24) is 0 Å². The van der Waals surface area contributed by atoms with Crippen molar-refractivity contribution in [2.75, 3.05) is 32.8 Å². The molecule has 0 unspecified atom stereocenters. The van der Waals surface area contributed by atoms with Crippen molar-refractivity contribution in [1.29, 1.82) is 0 Å². The van der Waals surface area contributed by atoms with E-state index in [4.69, 9.17) is 4.74 Å². The maximum atomic E-state index is 10.1. The molecule has 1 atom stereocenters. The van der Waals surface area contributed by atoms with Crippen LogP contribution in [0, 0.1) is 23.2 Å². The zero-order valence-corrected chi connectivity index (χ0v) is 13.9. The van der Waals surface area contributed by atoms with Crippen LogP contribution in [0.2, 0.25) is 0 Å². The molecule has 0 aromatic heterocycles. The van der Waals surface area contributed by atoms with E-state index in [0.29, 0.717) is 12.0 Å². The largest absolute Gasteiger partial charge is 0.385 e. The molecule has 4 aliphatic rings. The predicted molar refractivity (Wildman–Crippen MR) is 84.3 cm³/mol. The van der Waals surface area contributed by atoms with Crippen molar-refractivity contribution in [3.63, 3.8) is 0 Å². The smallest absolute Gasteiger partial charge is 0.126 e. The Kier molecular flexibility index (Phi) is 4.92. The van der Waals surface area contributed by atoms with E-state index in [9.17, 15) is 5.11 Å². The molecule has 0 amide bonds. The van der Waals surface area contributed by atoms with E-state index in [1.165, 1.54) is 43.4 Å². The molecule has 4 aliphatic carbocycles. The molecule has 0 aromatic carbocycles. The second kappa shape index (κ2) is 6.55. The number of aliphatic hydroxyl groups excluding tert-OH is 1. The summed E-state index contributed by atoms with van der Waals surface area (Å²) < 4.78 is 6.01. The molecule has 4 saturated carbocycles. The molecule has 21 heavy (non-hydrogen) atoms. The highest BCUT2D eigenvalue weighted by Gasteiger charge is 2.50. The van der Waals surface area contributed by atoms with Crippen LogP contribution >= 0.6 is 0 Å². The molecule has 4 fully saturated rings. The van der Waals surface area contributed by atoms with Gasteiger partial charge < -0.3 is 14.7 Å². The monoisotopic (exact) mass is 296 g/mol. The van der Waals surface area contributed by atoms with Crippen LogP contribution in [0.3, 0.4) is 0 Å². The number of likely N-dealkylation sites (N-methyl/N-ethyl adjacent to an activating group) is 1. The van der Waals surface area contributed by atoms with Crippen LogP contribution in [0.25, 0.3) is 0 Å². The van der Waals surface area contributed by atoms with Crippen LogP contribution in [0.1, 0.15) is 52.4 Å². The number of hydrogen-bond acceptors (Lipinski definition) is 2. The van der Waals surface area contributed by atoms with E-state index in [2.05, 4.69) is 13.8 Å². The Labute approximate surface area is 130 Å². The summed E-state index contributed by atoms with van der Waals surface area (Å²) in [7, 11) is 0. The molecule has 0 saturated heterocycles. The van der Waals surface area contributed by atoms with E-state index in [-0.39, 0.29) is 6.10 Å². The summed E-state index contributed by atoms with van der Waals surface area (Å²) in [6.07, 6.45) is 8.38. The fourth-order valence-corrected chi connectivity index (χ4v) is 5.81. The third-order valence-electron chi connectivity index (χ3n) is 6.41. The summed E-state index contributed by atoms with van der Waals surface area (Å²) in [5.74, 6) is 2.97. The molecule has 4 rings (SSSR count). The molecule has 0 aliphatic heterocycles. The maximum Gasteiger partial charge on any atom is 0.126 e. The highest BCUT2D eigenvalue weighted by Crippen LogP contribution is 2.59. The van der Waals surface area contributed by atoms with E-state index in [0.717, 1.165) is 44.0 Å². The van der Waals surface area contributed by atoms with Crippen molar-refractivity contribution in [2.45, 2.75) is 58.5 Å². The normalized spacial score (nSPS) is 39.1. The average Bonchev–Trinajstić information content (AvgIpc) is 2.43. The second-order valence-corrected chi connectivity index (χ2v) is 8.25. The van der Waals surface area contributed by atoms with Crippen molar-refractivity contribution >= 4 is 0 Å². The molecular weight excluding hydrogens is 262 g/mol. The minimum Gasteiger partial charge on any atom is -0.385 e. The van der Waals surface area contributed by atoms with Gasteiger partial charge in [-0.15, -0.1) is 0 Å². The van der Waals surface area contributed by atoms with Crippen LogP contribution in [0.5, 0.6) is 0 Å². The minimum atomic E-state index is -0.297. The zero-order chi connectivity index (χ0) is 14.9. The minimum absolute atomic E-state index is 0.297. The highest BCUT2D eigenvalue weighted by molar-refractivity contribution is 5.01. The lowest BCUT2D eigenvalue weighted by molar-refractivity contribution is -0.899. The molecule has 0 spiro atoms.